The van der Waals surface area contributed by atoms with E-state index in [2.05, 4.69) is 24.1 Å². The van der Waals surface area contributed by atoms with E-state index < -0.39 is 12.4 Å². The van der Waals surface area contributed by atoms with Gasteiger partial charge in [-0.15, -0.1) is 11.6 Å². The third kappa shape index (κ3) is 7.63. The second kappa shape index (κ2) is 11.6. The fraction of sp³-hybridized carbons (Fsp3) is 1.00. The van der Waals surface area contributed by atoms with Crippen molar-refractivity contribution in [2.24, 2.45) is 23.7 Å². The van der Waals surface area contributed by atoms with E-state index in [9.17, 15) is 9.50 Å². The van der Waals surface area contributed by atoms with Gasteiger partial charge in [0, 0.05) is 18.0 Å². The average molecular weight is 431 g/mol. The zero-order valence-electron chi connectivity index (χ0n) is 18.7. The Labute approximate surface area is 183 Å². The monoisotopic (exact) mass is 430 g/mol. The van der Waals surface area contributed by atoms with Gasteiger partial charge in [0.05, 0.1) is 0 Å². The van der Waals surface area contributed by atoms with Gasteiger partial charge in [0.25, 0.3) is 0 Å². The highest BCUT2D eigenvalue weighted by molar-refractivity contribution is 6.20. The Morgan fingerprint density at radius 3 is 2.10 bits per heavy atom. The molecule has 2 saturated carbocycles. The molecule has 0 aromatic carbocycles. The maximum Gasteiger partial charge on any atom is 0.105 e. The smallest absolute Gasteiger partial charge is 0.105 e. The Hall–Kier alpha value is 0.1000. The molecule has 29 heavy (non-hydrogen) atoms. The summed E-state index contributed by atoms with van der Waals surface area (Å²) in [6.07, 6.45) is 10.6. The lowest BCUT2D eigenvalue weighted by atomic mass is 9.75. The molecule has 0 aromatic rings. The van der Waals surface area contributed by atoms with Crippen molar-refractivity contribution in [3.63, 3.8) is 0 Å². The summed E-state index contributed by atoms with van der Waals surface area (Å²) in [6.45, 7) is 7.89. The third-order valence-electron chi connectivity index (χ3n) is 8.00. The number of nitrogens with one attached hydrogen (secondary N) is 1. The predicted molar refractivity (Wildman–Crippen MR) is 120 cm³/mol. The van der Waals surface area contributed by atoms with Crippen molar-refractivity contribution in [2.45, 2.75) is 108 Å². The highest BCUT2D eigenvalue weighted by atomic mass is 35.5. The number of hydrogen-bond donors (Lipinski definition) is 2. The summed E-state index contributed by atoms with van der Waals surface area (Å²) < 4.78 is 13.3. The van der Waals surface area contributed by atoms with E-state index in [0.29, 0.717) is 36.1 Å². The van der Waals surface area contributed by atoms with Crippen LogP contribution in [0.2, 0.25) is 0 Å². The summed E-state index contributed by atoms with van der Waals surface area (Å²) >= 11 is 6.29. The van der Waals surface area contributed by atoms with Crippen LogP contribution in [0.5, 0.6) is 0 Å². The largest absolute Gasteiger partial charge is 0.379 e. The summed E-state index contributed by atoms with van der Waals surface area (Å²) in [5.41, 5.74) is 0. The molecule has 3 rings (SSSR count). The van der Waals surface area contributed by atoms with E-state index in [1.54, 1.807) is 0 Å². The minimum absolute atomic E-state index is 0.311. The van der Waals surface area contributed by atoms with Crippen molar-refractivity contribution < 1.29 is 9.50 Å². The van der Waals surface area contributed by atoms with Gasteiger partial charge < -0.3 is 10.0 Å². The normalized spacial score (nSPS) is 35.0. The fourth-order valence-electron chi connectivity index (χ4n) is 5.88. The number of piperidine rings is 1. The molecule has 0 amide bonds. The van der Waals surface area contributed by atoms with Crippen LogP contribution in [0.15, 0.2) is 0 Å². The van der Waals surface area contributed by atoms with Crippen molar-refractivity contribution in [1.82, 2.24) is 10.2 Å². The lowest BCUT2D eigenvalue weighted by Gasteiger charge is -2.40. The van der Waals surface area contributed by atoms with E-state index in [0.717, 1.165) is 37.6 Å². The van der Waals surface area contributed by atoms with E-state index in [1.807, 2.05) is 0 Å². The highest BCUT2D eigenvalue weighted by Crippen LogP contribution is 2.37. The SMILES string of the molecule is CC(C)[C@H](CN1CCC(C2CCC(Cl)CC2)CC1)N[C@@H](O)CC1CCC(F)CC1. The van der Waals surface area contributed by atoms with E-state index in [1.165, 1.54) is 51.6 Å². The van der Waals surface area contributed by atoms with Gasteiger partial charge in [-0.2, -0.15) is 0 Å². The Morgan fingerprint density at radius 2 is 1.52 bits per heavy atom. The minimum atomic E-state index is -0.618. The molecule has 0 aromatic heterocycles. The van der Waals surface area contributed by atoms with Crippen molar-refractivity contribution in [2.75, 3.05) is 19.6 Å². The minimum Gasteiger partial charge on any atom is -0.379 e. The first-order chi connectivity index (χ1) is 13.9. The van der Waals surface area contributed by atoms with Gasteiger partial charge in [-0.05, 0) is 107 Å². The molecule has 3 nitrogen and oxygen atoms in total. The van der Waals surface area contributed by atoms with Gasteiger partial charge in [-0.3, -0.25) is 5.32 Å². The van der Waals surface area contributed by atoms with Crippen LogP contribution in [0.1, 0.15) is 84.5 Å². The van der Waals surface area contributed by atoms with Crippen LogP contribution in [0, 0.1) is 23.7 Å². The molecular formula is C24H44ClFN2O. The molecule has 1 aliphatic heterocycles. The zero-order valence-corrected chi connectivity index (χ0v) is 19.4. The van der Waals surface area contributed by atoms with Crippen molar-refractivity contribution in [3.05, 3.63) is 0 Å². The van der Waals surface area contributed by atoms with Crippen LogP contribution in [-0.4, -0.2) is 53.5 Å². The Kier molecular flexibility index (Phi) is 9.54. The van der Waals surface area contributed by atoms with Gasteiger partial charge in [0.1, 0.15) is 12.4 Å². The van der Waals surface area contributed by atoms with Crippen LogP contribution >= 0.6 is 11.6 Å². The number of halogens is 2. The molecule has 1 saturated heterocycles. The second-order valence-corrected chi connectivity index (χ2v) is 11.2. The van der Waals surface area contributed by atoms with Gasteiger partial charge in [0.2, 0.25) is 0 Å². The van der Waals surface area contributed by atoms with Gasteiger partial charge >= 0.3 is 0 Å². The summed E-state index contributed by atoms with van der Waals surface area (Å²) in [5.74, 6) is 2.74. The second-order valence-electron chi connectivity index (χ2n) is 10.5. The fourth-order valence-corrected chi connectivity index (χ4v) is 6.13. The average Bonchev–Trinajstić information content (AvgIpc) is 2.70. The summed E-state index contributed by atoms with van der Waals surface area (Å²) in [4.78, 5) is 2.60. The molecule has 1 heterocycles. The highest BCUT2D eigenvalue weighted by Gasteiger charge is 2.31. The molecule has 0 unspecified atom stereocenters. The van der Waals surface area contributed by atoms with Crippen LogP contribution in [0.4, 0.5) is 4.39 Å². The number of likely N-dealkylation sites (tertiary alicyclic amines) is 1. The van der Waals surface area contributed by atoms with E-state index >= 15 is 0 Å². The first-order valence-electron chi connectivity index (χ1n) is 12.3. The zero-order chi connectivity index (χ0) is 20.8. The van der Waals surface area contributed by atoms with E-state index in [4.69, 9.17) is 11.6 Å². The Bertz CT molecular complexity index is 456. The maximum atomic E-state index is 13.3. The van der Waals surface area contributed by atoms with Crippen LogP contribution in [0.3, 0.4) is 0 Å². The van der Waals surface area contributed by atoms with Crippen molar-refractivity contribution in [1.29, 1.82) is 0 Å². The van der Waals surface area contributed by atoms with E-state index in [-0.39, 0.29) is 0 Å². The molecule has 0 spiro atoms. The standard InChI is InChI=1S/C24H44ClFN2O/c1-17(2)23(27-24(29)15-18-3-9-22(26)10-4-18)16-28-13-11-20(12-14-28)19-5-7-21(25)8-6-19/h17-24,27,29H,3-16H2,1-2H3/t18?,19?,21?,22?,23-,24-/m0/s1. The molecule has 3 aliphatic rings. The first-order valence-corrected chi connectivity index (χ1v) is 12.8. The molecule has 0 radical (unpaired) electrons. The molecule has 3 fully saturated rings. The summed E-state index contributed by atoms with van der Waals surface area (Å²) in [6, 6.07) is 0.311. The number of nitrogens with zero attached hydrogens (tertiary/aromatic N) is 1. The predicted octanol–water partition coefficient (Wildman–Crippen LogP) is 5.35. The van der Waals surface area contributed by atoms with Crippen LogP contribution < -0.4 is 5.32 Å². The van der Waals surface area contributed by atoms with Crippen LogP contribution in [0.25, 0.3) is 0 Å². The topological polar surface area (TPSA) is 35.5 Å². The molecular weight excluding hydrogens is 387 g/mol. The van der Waals surface area contributed by atoms with Gasteiger partial charge in [-0.25, -0.2) is 4.39 Å². The van der Waals surface area contributed by atoms with Gasteiger partial charge in [-0.1, -0.05) is 13.8 Å². The molecule has 0 bridgehead atoms. The molecule has 2 atom stereocenters. The van der Waals surface area contributed by atoms with Crippen molar-refractivity contribution in [3.8, 4) is 0 Å². The number of alkyl halides is 2. The number of rotatable bonds is 8. The molecule has 170 valence electrons. The quantitative estimate of drug-likeness (QED) is 0.402. The number of hydrogen-bond acceptors (Lipinski definition) is 3. The Balaban J connectivity index is 1.39. The molecule has 5 heteroatoms. The molecule has 2 aliphatic carbocycles. The van der Waals surface area contributed by atoms with Crippen molar-refractivity contribution >= 4 is 11.6 Å². The maximum absolute atomic E-state index is 13.3. The number of aliphatic hydroxyl groups excluding tert-OH is 1. The molecule has 2 N–H and O–H groups in total. The first kappa shape index (κ1) is 23.8. The lowest BCUT2D eigenvalue weighted by Crippen LogP contribution is -2.50. The summed E-state index contributed by atoms with van der Waals surface area (Å²) in [7, 11) is 0. The Morgan fingerprint density at radius 1 is 0.931 bits per heavy atom. The lowest BCUT2D eigenvalue weighted by molar-refractivity contribution is 0.0556. The number of aliphatic hydroxyl groups is 1. The third-order valence-corrected chi connectivity index (χ3v) is 8.44. The van der Waals surface area contributed by atoms with Crippen LogP contribution in [-0.2, 0) is 0 Å². The van der Waals surface area contributed by atoms with Gasteiger partial charge in [0.15, 0.2) is 0 Å². The summed E-state index contributed by atoms with van der Waals surface area (Å²) in [5, 5.41) is 14.5.